The van der Waals surface area contributed by atoms with E-state index in [4.69, 9.17) is 4.99 Å². The van der Waals surface area contributed by atoms with E-state index in [1.807, 2.05) is 43.7 Å². The van der Waals surface area contributed by atoms with Crippen molar-refractivity contribution in [1.29, 1.82) is 0 Å². The highest BCUT2D eigenvalue weighted by molar-refractivity contribution is 5.90. The van der Waals surface area contributed by atoms with E-state index < -0.39 is 0 Å². The lowest BCUT2D eigenvalue weighted by Gasteiger charge is -2.39. The van der Waals surface area contributed by atoms with E-state index in [-0.39, 0.29) is 5.91 Å². The molecule has 1 aromatic heterocycles. The molecule has 3 rings (SSSR count). The summed E-state index contributed by atoms with van der Waals surface area (Å²) in [4.78, 5) is 23.2. The second-order valence-corrected chi connectivity index (χ2v) is 7.95. The van der Waals surface area contributed by atoms with Crippen molar-refractivity contribution in [3.05, 3.63) is 48.5 Å². The van der Waals surface area contributed by atoms with Gasteiger partial charge < -0.3 is 20.1 Å². The van der Waals surface area contributed by atoms with Crippen molar-refractivity contribution in [3.8, 4) is 0 Å². The molecule has 2 atom stereocenters. The van der Waals surface area contributed by atoms with Gasteiger partial charge in [0.1, 0.15) is 0 Å². The molecule has 2 aromatic rings. The number of carbonyl (C=O) groups excluding carboxylic acids is 1. The van der Waals surface area contributed by atoms with Gasteiger partial charge in [0, 0.05) is 44.1 Å². The Morgan fingerprint density at radius 2 is 2.07 bits per heavy atom. The van der Waals surface area contributed by atoms with Crippen LogP contribution < -0.4 is 10.6 Å². The van der Waals surface area contributed by atoms with Gasteiger partial charge in [-0.3, -0.25) is 4.79 Å². The van der Waals surface area contributed by atoms with Gasteiger partial charge in [0.2, 0.25) is 5.91 Å². The molecular formula is C23H34N6O. The number of aliphatic imine (C=N–C) groups is 1. The summed E-state index contributed by atoms with van der Waals surface area (Å²) >= 11 is 0. The number of likely N-dealkylation sites (tertiary alicyclic amines) is 1. The third-order valence-electron chi connectivity index (χ3n) is 5.59. The highest BCUT2D eigenvalue weighted by Crippen LogP contribution is 2.27. The molecule has 1 aliphatic rings. The first-order valence-corrected chi connectivity index (χ1v) is 11.0. The van der Waals surface area contributed by atoms with Crippen LogP contribution in [0.4, 0.5) is 5.69 Å². The van der Waals surface area contributed by atoms with Crippen molar-refractivity contribution in [3.63, 3.8) is 0 Å². The summed E-state index contributed by atoms with van der Waals surface area (Å²) < 4.78 is 2.21. The van der Waals surface area contributed by atoms with Crippen molar-refractivity contribution >= 4 is 17.6 Å². The average Bonchev–Trinajstić information content (AvgIpc) is 3.27. The number of benzene rings is 1. The van der Waals surface area contributed by atoms with E-state index in [0.717, 1.165) is 49.7 Å². The zero-order valence-corrected chi connectivity index (χ0v) is 18.3. The van der Waals surface area contributed by atoms with Crippen LogP contribution in [0, 0.1) is 5.92 Å². The van der Waals surface area contributed by atoms with Crippen molar-refractivity contribution in [2.75, 3.05) is 25.0 Å². The van der Waals surface area contributed by atoms with Gasteiger partial charge in [0.25, 0.3) is 0 Å². The summed E-state index contributed by atoms with van der Waals surface area (Å²) in [6.07, 6.45) is 8.33. The van der Waals surface area contributed by atoms with Crippen LogP contribution in [0.15, 0.2) is 48.0 Å². The maximum atomic E-state index is 11.7. The minimum atomic E-state index is 0.0597. The number of rotatable bonds is 7. The monoisotopic (exact) mass is 410 g/mol. The number of piperidine rings is 1. The van der Waals surface area contributed by atoms with Crippen LogP contribution in [0.5, 0.6) is 0 Å². The standard InChI is InChI=1S/C23H34N6O/c1-4-6-22(30)27-20-9-7-19(8-10-20)15-26-23(25-5-2)28-13-11-18(3)21(16-28)29-14-12-24-17-29/h7-10,12,14,17-18,21H,4-6,11,13,15-16H2,1-3H3,(H,25,26)(H,27,30). The molecule has 1 aromatic carbocycles. The van der Waals surface area contributed by atoms with E-state index >= 15 is 0 Å². The van der Waals surface area contributed by atoms with Crippen LogP contribution in [0.1, 0.15) is 51.6 Å². The number of guanidine groups is 1. The lowest BCUT2D eigenvalue weighted by Crippen LogP contribution is -2.49. The molecule has 2 N–H and O–H groups in total. The number of hydrogen-bond donors (Lipinski definition) is 2. The first kappa shape index (κ1) is 21.9. The first-order valence-electron chi connectivity index (χ1n) is 11.0. The molecule has 1 saturated heterocycles. The number of hydrogen-bond acceptors (Lipinski definition) is 3. The van der Waals surface area contributed by atoms with Crippen molar-refractivity contribution in [1.82, 2.24) is 19.8 Å². The molecule has 0 radical (unpaired) electrons. The summed E-state index contributed by atoms with van der Waals surface area (Å²) in [6, 6.07) is 8.35. The van der Waals surface area contributed by atoms with E-state index in [9.17, 15) is 4.79 Å². The third kappa shape index (κ3) is 5.84. The Balaban J connectivity index is 1.65. The summed E-state index contributed by atoms with van der Waals surface area (Å²) in [5, 5.41) is 6.38. The fourth-order valence-corrected chi connectivity index (χ4v) is 3.83. The quantitative estimate of drug-likeness (QED) is 0.539. The third-order valence-corrected chi connectivity index (χ3v) is 5.59. The zero-order valence-electron chi connectivity index (χ0n) is 18.3. The van der Waals surface area contributed by atoms with Crippen molar-refractivity contribution in [2.24, 2.45) is 10.9 Å². The van der Waals surface area contributed by atoms with Crippen LogP contribution in [0.3, 0.4) is 0 Å². The molecule has 162 valence electrons. The minimum absolute atomic E-state index is 0.0597. The summed E-state index contributed by atoms with van der Waals surface area (Å²) in [5.41, 5.74) is 1.96. The molecule has 7 nitrogen and oxygen atoms in total. The lowest BCUT2D eigenvalue weighted by atomic mass is 9.93. The molecular weight excluding hydrogens is 376 g/mol. The smallest absolute Gasteiger partial charge is 0.224 e. The number of nitrogens with one attached hydrogen (secondary N) is 2. The fourth-order valence-electron chi connectivity index (χ4n) is 3.83. The van der Waals surface area contributed by atoms with E-state index in [0.29, 0.717) is 24.9 Å². The number of amides is 1. The molecule has 7 heteroatoms. The van der Waals surface area contributed by atoms with Crippen LogP contribution >= 0.6 is 0 Å². The molecule has 2 unspecified atom stereocenters. The molecule has 0 spiro atoms. The Morgan fingerprint density at radius 3 is 2.73 bits per heavy atom. The highest BCUT2D eigenvalue weighted by atomic mass is 16.1. The van der Waals surface area contributed by atoms with Crippen LogP contribution in [0.2, 0.25) is 0 Å². The second-order valence-electron chi connectivity index (χ2n) is 7.95. The maximum absolute atomic E-state index is 11.7. The van der Waals surface area contributed by atoms with Crippen molar-refractivity contribution < 1.29 is 4.79 Å². The number of carbonyl (C=O) groups is 1. The fraction of sp³-hybridized carbons (Fsp3) is 0.522. The molecule has 0 bridgehead atoms. The van der Waals surface area contributed by atoms with Gasteiger partial charge in [-0.1, -0.05) is 26.0 Å². The van der Waals surface area contributed by atoms with Gasteiger partial charge in [-0.25, -0.2) is 9.98 Å². The maximum Gasteiger partial charge on any atom is 0.224 e. The van der Waals surface area contributed by atoms with Gasteiger partial charge in [-0.05, 0) is 43.4 Å². The Labute approximate surface area is 179 Å². The first-order chi connectivity index (χ1) is 14.6. The van der Waals surface area contributed by atoms with E-state index in [2.05, 4.69) is 45.1 Å². The molecule has 1 aliphatic heterocycles. The van der Waals surface area contributed by atoms with Gasteiger partial charge in [0.05, 0.1) is 18.9 Å². The van der Waals surface area contributed by atoms with Gasteiger partial charge >= 0.3 is 0 Å². The number of imidazole rings is 1. The summed E-state index contributed by atoms with van der Waals surface area (Å²) in [6.45, 7) is 9.78. The van der Waals surface area contributed by atoms with Gasteiger partial charge in [-0.2, -0.15) is 0 Å². The normalized spacial score (nSPS) is 19.6. The highest BCUT2D eigenvalue weighted by Gasteiger charge is 2.28. The topological polar surface area (TPSA) is 74.6 Å². The summed E-state index contributed by atoms with van der Waals surface area (Å²) in [5.74, 6) is 1.62. The molecule has 30 heavy (non-hydrogen) atoms. The van der Waals surface area contributed by atoms with Crippen molar-refractivity contribution in [2.45, 2.75) is 52.6 Å². The SMILES string of the molecule is CCCC(=O)Nc1ccc(CN=C(NCC)N2CCC(C)C(n3ccnc3)C2)cc1. The molecule has 1 fully saturated rings. The van der Waals surface area contributed by atoms with E-state index in [1.165, 1.54) is 0 Å². The van der Waals surface area contributed by atoms with Crippen LogP contribution in [-0.4, -0.2) is 46.0 Å². The lowest BCUT2D eigenvalue weighted by molar-refractivity contribution is -0.116. The minimum Gasteiger partial charge on any atom is -0.357 e. The molecule has 1 amide bonds. The predicted molar refractivity (Wildman–Crippen MR) is 121 cm³/mol. The number of nitrogens with zero attached hydrogens (tertiary/aromatic N) is 4. The van der Waals surface area contributed by atoms with Crippen LogP contribution in [-0.2, 0) is 11.3 Å². The largest absolute Gasteiger partial charge is 0.357 e. The molecule has 0 aliphatic carbocycles. The Bertz CT molecular complexity index is 815. The number of aromatic nitrogens is 2. The Kier molecular flexibility index (Phi) is 7.88. The predicted octanol–water partition coefficient (Wildman–Crippen LogP) is 3.67. The summed E-state index contributed by atoms with van der Waals surface area (Å²) in [7, 11) is 0. The van der Waals surface area contributed by atoms with Crippen LogP contribution in [0.25, 0.3) is 0 Å². The second kappa shape index (κ2) is 10.8. The Morgan fingerprint density at radius 1 is 1.27 bits per heavy atom. The molecule has 2 heterocycles. The van der Waals surface area contributed by atoms with E-state index in [1.54, 1.807) is 0 Å². The Hall–Kier alpha value is -2.83. The zero-order chi connectivity index (χ0) is 21.3. The van der Waals surface area contributed by atoms with Gasteiger partial charge in [-0.15, -0.1) is 0 Å². The number of anilines is 1. The molecule has 0 saturated carbocycles. The van der Waals surface area contributed by atoms with Gasteiger partial charge in [0.15, 0.2) is 5.96 Å². The average molecular weight is 411 g/mol.